The third kappa shape index (κ3) is 6.34. The number of nitrogens with zero attached hydrogens (tertiary/aromatic N) is 1. The Balaban J connectivity index is 0.00000288. The third-order valence-corrected chi connectivity index (χ3v) is 3.66. The van der Waals surface area contributed by atoms with Gasteiger partial charge in [0.1, 0.15) is 11.4 Å². The maximum Gasteiger partial charge on any atom is 0.573 e. The summed E-state index contributed by atoms with van der Waals surface area (Å²) in [5, 5.41) is 5.07. The van der Waals surface area contributed by atoms with E-state index in [-0.39, 0.29) is 30.6 Å². The third-order valence-electron chi connectivity index (χ3n) is 2.75. The Morgan fingerprint density at radius 3 is 2.54 bits per heavy atom. The number of alkyl halides is 3. The number of nitrogens with one attached hydrogen (secondary N) is 1. The molecule has 2 rings (SSSR count). The average molecular weight is 382 g/mol. The Labute approximate surface area is 146 Å². The van der Waals surface area contributed by atoms with Crippen LogP contribution in [0, 0.1) is 0 Å². The van der Waals surface area contributed by atoms with Gasteiger partial charge < -0.3 is 15.8 Å². The zero-order chi connectivity index (χ0) is 16.9. The molecule has 10 heteroatoms. The number of benzene rings is 1. The molecule has 5 nitrogen and oxygen atoms in total. The van der Waals surface area contributed by atoms with Crippen LogP contribution in [-0.2, 0) is 13.0 Å². The lowest BCUT2D eigenvalue weighted by atomic mass is 10.2. The summed E-state index contributed by atoms with van der Waals surface area (Å²) in [7, 11) is 0. The molecule has 0 spiro atoms. The summed E-state index contributed by atoms with van der Waals surface area (Å²) in [5.41, 5.74) is 6.36. The molecule has 0 bridgehead atoms. The summed E-state index contributed by atoms with van der Waals surface area (Å²) in [6.07, 6.45) is -4.11. The molecular formula is C14H15ClF3N3O2S. The number of thiazole rings is 1. The predicted octanol–water partition coefficient (Wildman–Crippen LogP) is 2.89. The van der Waals surface area contributed by atoms with Crippen molar-refractivity contribution >= 4 is 29.7 Å². The molecule has 0 atom stereocenters. The topological polar surface area (TPSA) is 77.2 Å². The van der Waals surface area contributed by atoms with Crippen LogP contribution in [0.2, 0.25) is 0 Å². The molecule has 0 radical (unpaired) electrons. The lowest BCUT2D eigenvalue weighted by molar-refractivity contribution is -0.274. The first-order chi connectivity index (χ1) is 10.9. The summed E-state index contributed by atoms with van der Waals surface area (Å²) in [5.74, 6) is -0.654. The van der Waals surface area contributed by atoms with Crippen LogP contribution < -0.4 is 15.8 Å². The van der Waals surface area contributed by atoms with Crippen LogP contribution in [0.15, 0.2) is 29.6 Å². The molecule has 3 N–H and O–H groups in total. The van der Waals surface area contributed by atoms with Gasteiger partial charge in [-0.1, -0.05) is 12.1 Å². The van der Waals surface area contributed by atoms with E-state index in [2.05, 4.69) is 15.0 Å². The molecule has 0 saturated heterocycles. The highest BCUT2D eigenvalue weighted by molar-refractivity contribution is 7.09. The second kappa shape index (κ2) is 8.86. The van der Waals surface area contributed by atoms with E-state index < -0.39 is 6.36 Å². The van der Waals surface area contributed by atoms with Crippen molar-refractivity contribution in [3.63, 3.8) is 0 Å². The van der Waals surface area contributed by atoms with Crippen molar-refractivity contribution in [2.45, 2.75) is 19.3 Å². The number of aromatic nitrogens is 1. The molecule has 1 aromatic heterocycles. The minimum absolute atomic E-state index is 0. The molecule has 2 aromatic rings. The molecule has 1 heterocycles. The Kier molecular flexibility index (Phi) is 7.46. The Morgan fingerprint density at radius 1 is 1.29 bits per heavy atom. The van der Waals surface area contributed by atoms with E-state index in [1.807, 2.05) is 0 Å². The monoisotopic (exact) mass is 381 g/mol. The molecule has 0 aliphatic heterocycles. The van der Waals surface area contributed by atoms with Crippen LogP contribution in [-0.4, -0.2) is 23.8 Å². The highest BCUT2D eigenvalue weighted by Crippen LogP contribution is 2.22. The van der Waals surface area contributed by atoms with Gasteiger partial charge in [-0.25, -0.2) is 4.98 Å². The Hall–Kier alpha value is -1.84. The summed E-state index contributed by atoms with van der Waals surface area (Å²) in [6.45, 7) is 0.635. The van der Waals surface area contributed by atoms with Crippen molar-refractivity contribution in [1.82, 2.24) is 10.3 Å². The van der Waals surface area contributed by atoms with Crippen molar-refractivity contribution < 1.29 is 22.7 Å². The number of amides is 1. The lowest BCUT2D eigenvalue weighted by Gasteiger charge is -2.09. The second-order valence-electron chi connectivity index (χ2n) is 4.54. The SMILES string of the molecule is Cl.NCCc1nc(C(=O)NCc2ccc(OC(F)(F)F)cc2)cs1. The van der Waals surface area contributed by atoms with Gasteiger partial charge in [-0.15, -0.1) is 36.9 Å². The molecule has 132 valence electrons. The number of carbonyl (C=O) groups is 1. The van der Waals surface area contributed by atoms with Crippen molar-refractivity contribution in [2.24, 2.45) is 5.73 Å². The predicted molar refractivity (Wildman–Crippen MR) is 86.4 cm³/mol. The molecule has 0 aliphatic carbocycles. The van der Waals surface area contributed by atoms with E-state index in [0.717, 1.165) is 5.01 Å². The minimum atomic E-state index is -4.72. The summed E-state index contributed by atoms with van der Waals surface area (Å²) in [4.78, 5) is 16.1. The molecule has 0 saturated carbocycles. The van der Waals surface area contributed by atoms with E-state index in [9.17, 15) is 18.0 Å². The lowest BCUT2D eigenvalue weighted by Crippen LogP contribution is -2.23. The number of rotatable bonds is 6. The van der Waals surface area contributed by atoms with Crippen LogP contribution in [0.4, 0.5) is 13.2 Å². The summed E-state index contributed by atoms with van der Waals surface area (Å²) < 4.78 is 39.9. The normalized spacial score (nSPS) is 10.8. The van der Waals surface area contributed by atoms with Crippen molar-refractivity contribution in [1.29, 1.82) is 0 Å². The standard InChI is InChI=1S/C14H14F3N3O2S.ClH/c15-14(16,17)22-10-3-1-9(2-4-10)7-19-13(21)11-8-23-12(20-11)5-6-18;/h1-4,8H,5-7,18H2,(H,19,21);1H. The van der Waals surface area contributed by atoms with E-state index in [1.54, 1.807) is 5.38 Å². The fraction of sp³-hybridized carbons (Fsp3) is 0.286. The van der Waals surface area contributed by atoms with Gasteiger partial charge in [-0.05, 0) is 24.2 Å². The van der Waals surface area contributed by atoms with Crippen LogP contribution in [0.5, 0.6) is 5.75 Å². The van der Waals surface area contributed by atoms with Gasteiger partial charge in [0.2, 0.25) is 0 Å². The molecule has 0 fully saturated rings. The quantitative estimate of drug-likeness (QED) is 0.806. The smallest absolute Gasteiger partial charge is 0.406 e. The summed E-state index contributed by atoms with van der Waals surface area (Å²) in [6, 6.07) is 5.28. The highest BCUT2D eigenvalue weighted by atomic mass is 35.5. The second-order valence-corrected chi connectivity index (χ2v) is 5.48. The van der Waals surface area contributed by atoms with E-state index in [4.69, 9.17) is 5.73 Å². The van der Waals surface area contributed by atoms with Gasteiger partial charge >= 0.3 is 6.36 Å². The summed E-state index contributed by atoms with van der Waals surface area (Å²) >= 11 is 1.36. The molecule has 1 aromatic carbocycles. The van der Waals surface area contributed by atoms with Gasteiger partial charge in [0, 0.05) is 18.3 Å². The van der Waals surface area contributed by atoms with Crippen molar-refractivity contribution in [2.75, 3.05) is 6.54 Å². The van der Waals surface area contributed by atoms with Crippen LogP contribution >= 0.6 is 23.7 Å². The number of carbonyl (C=O) groups excluding carboxylic acids is 1. The Morgan fingerprint density at radius 2 is 1.96 bits per heavy atom. The van der Waals surface area contributed by atoms with Crippen molar-refractivity contribution in [3.05, 3.63) is 45.9 Å². The number of hydrogen-bond donors (Lipinski definition) is 2. The zero-order valence-electron chi connectivity index (χ0n) is 12.3. The molecule has 0 aliphatic rings. The first-order valence-electron chi connectivity index (χ1n) is 6.65. The fourth-order valence-electron chi connectivity index (χ4n) is 1.74. The maximum atomic E-state index is 12.0. The number of halogens is 4. The van der Waals surface area contributed by atoms with Gasteiger partial charge in [0.05, 0.1) is 5.01 Å². The van der Waals surface area contributed by atoms with Gasteiger partial charge in [-0.2, -0.15) is 0 Å². The van der Waals surface area contributed by atoms with Crippen LogP contribution in [0.25, 0.3) is 0 Å². The number of ether oxygens (including phenoxy) is 1. The van der Waals surface area contributed by atoms with Crippen LogP contribution in [0.3, 0.4) is 0 Å². The zero-order valence-corrected chi connectivity index (χ0v) is 13.9. The van der Waals surface area contributed by atoms with Crippen LogP contribution in [0.1, 0.15) is 21.1 Å². The average Bonchev–Trinajstić information content (AvgIpc) is 2.94. The molecular weight excluding hydrogens is 367 g/mol. The first-order valence-corrected chi connectivity index (χ1v) is 7.52. The number of nitrogens with two attached hydrogens (primary N) is 1. The van der Waals surface area contributed by atoms with Crippen molar-refractivity contribution in [3.8, 4) is 5.75 Å². The molecule has 1 amide bonds. The van der Waals surface area contributed by atoms with Gasteiger partial charge in [-0.3, -0.25) is 4.79 Å². The molecule has 0 unspecified atom stereocenters. The van der Waals surface area contributed by atoms with E-state index >= 15 is 0 Å². The highest BCUT2D eigenvalue weighted by Gasteiger charge is 2.30. The molecule has 24 heavy (non-hydrogen) atoms. The van der Waals surface area contributed by atoms with E-state index in [1.165, 1.54) is 35.6 Å². The minimum Gasteiger partial charge on any atom is -0.406 e. The van der Waals surface area contributed by atoms with E-state index in [0.29, 0.717) is 24.2 Å². The van der Waals surface area contributed by atoms with Gasteiger partial charge in [0.15, 0.2) is 0 Å². The largest absolute Gasteiger partial charge is 0.573 e. The number of hydrogen-bond acceptors (Lipinski definition) is 5. The fourth-order valence-corrected chi connectivity index (χ4v) is 2.53. The maximum absolute atomic E-state index is 12.0. The Bertz CT molecular complexity index is 662. The van der Waals surface area contributed by atoms with Gasteiger partial charge in [0.25, 0.3) is 5.91 Å². The first kappa shape index (κ1) is 20.2.